The van der Waals surface area contributed by atoms with Crippen LogP contribution >= 0.6 is 0 Å². The van der Waals surface area contributed by atoms with Crippen molar-refractivity contribution < 1.29 is 19.1 Å². The Morgan fingerprint density at radius 1 is 0.929 bits per heavy atom. The second-order valence-corrected chi connectivity index (χ2v) is 7.19. The lowest BCUT2D eigenvalue weighted by atomic mass is 9.92. The number of benzene rings is 2. The third-order valence-corrected chi connectivity index (χ3v) is 4.39. The molecule has 150 valence electrons. The van der Waals surface area contributed by atoms with Gasteiger partial charge in [-0.3, -0.25) is 4.79 Å². The van der Waals surface area contributed by atoms with Crippen LogP contribution in [0.5, 0.6) is 5.75 Å². The Balaban J connectivity index is 2.14. The highest BCUT2D eigenvalue weighted by atomic mass is 16.6. The lowest BCUT2D eigenvalue weighted by Crippen LogP contribution is -2.16. The van der Waals surface area contributed by atoms with Crippen molar-refractivity contribution in [2.75, 3.05) is 18.5 Å². The van der Waals surface area contributed by atoms with Crippen molar-refractivity contribution >= 4 is 17.6 Å². The van der Waals surface area contributed by atoms with Crippen molar-refractivity contribution in [3.8, 4) is 5.75 Å². The van der Waals surface area contributed by atoms with E-state index >= 15 is 0 Å². The molecule has 1 N–H and O–H groups in total. The molecular formula is C23H29NO4. The Morgan fingerprint density at radius 3 is 2.00 bits per heavy atom. The molecule has 0 bridgehead atoms. The molecule has 2 aromatic carbocycles. The van der Waals surface area contributed by atoms with Crippen LogP contribution in [0.25, 0.3) is 0 Å². The third-order valence-electron chi connectivity index (χ3n) is 4.39. The predicted molar refractivity (Wildman–Crippen MR) is 111 cm³/mol. The molecule has 1 amide bonds. The van der Waals surface area contributed by atoms with Crippen molar-refractivity contribution in [1.82, 2.24) is 0 Å². The molecule has 5 nitrogen and oxygen atoms in total. The van der Waals surface area contributed by atoms with Gasteiger partial charge < -0.3 is 14.8 Å². The van der Waals surface area contributed by atoms with E-state index in [-0.39, 0.29) is 12.5 Å². The Kier molecular flexibility index (Phi) is 7.61. The fraction of sp³-hybridized carbons (Fsp3) is 0.391. The van der Waals surface area contributed by atoms with Crippen molar-refractivity contribution in [2.24, 2.45) is 0 Å². The van der Waals surface area contributed by atoms with E-state index in [0.717, 1.165) is 16.8 Å². The van der Waals surface area contributed by atoms with Gasteiger partial charge in [-0.1, -0.05) is 45.9 Å². The summed E-state index contributed by atoms with van der Waals surface area (Å²) in [5.41, 5.74) is 3.65. The number of para-hydroxylation sites is 1. The second-order valence-electron chi connectivity index (χ2n) is 7.19. The quantitative estimate of drug-likeness (QED) is 0.642. The van der Waals surface area contributed by atoms with Gasteiger partial charge in [-0.2, -0.15) is 0 Å². The standard InChI is InChI=1S/C23H29NO4/c1-6-27-21(25)14-28-18-12-10-17(11-13-18)23(26)24-22-19(15(2)3)8-7-9-20(22)16(4)5/h7-13,15-16H,6,14H2,1-5H3,(H,24,26). The number of esters is 1. The highest BCUT2D eigenvalue weighted by Gasteiger charge is 2.17. The SMILES string of the molecule is CCOC(=O)COc1ccc(C(=O)Nc2c(C(C)C)cccc2C(C)C)cc1. The van der Waals surface area contributed by atoms with E-state index in [1.165, 1.54) is 0 Å². The molecular weight excluding hydrogens is 354 g/mol. The monoisotopic (exact) mass is 383 g/mol. The normalized spacial score (nSPS) is 10.8. The first-order valence-electron chi connectivity index (χ1n) is 9.66. The van der Waals surface area contributed by atoms with Gasteiger partial charge in [0.15, 0.2) is 6.61 Å². The Bertz CT molecular complexity index is 784. The topological polar surface area (TPSA) is 64.6 Å². The molecule has 0 fully saturated rings. The average Bonchev–Trinajstić information content (AvgIpc) is 2.66. The Hall–Kier alpha value is -2.82. The fourth-order valence-electron chi connectivity index (χ4n) is 2.93. The molecule has 28 heavy (non-hydrogen) atoms. The number of nitrogens with one attached hydrogen (secondary N) is 1. The maximum Gasteiger partial charge on any atom is 0.344 e. The minimum Gasteiger partial charge on any atom is -0.482 e. The summed E-state index contributed by atoms with van der Waals surface area (Å²) >= 11 is 0. The molecule has 0 radical (unpaired) electrons. The molecule has 0 spiro atoms. The number of amides is 1. The van der Waals surface area contributed by atoms with Gasteiger partial charge in [-0.15, -0.1) is 0 Å². The zero-order valence-corrected chi connectivity index (χ0v) is 17.2. The number of carbonyl (C=O) groups excluding carboxylic acids is 2. The maximum absolute atomic E-state index is 12.8. The van der Waals surface area contributed by atoms with Gasteiger partial charge >= 0.3 is 5.97 Å². The van der Waals surface area contributed by atoms with Gasteiger partial charge in [-0.25, -0.2) is 4.79 Å². The molecule has 2 aromatic rings. The highest BCUT2D eigenvalue weighted by molar-refractivity contribution is 6.05. The first-order chi connectivity index (χ1) is 13.3. The van der Waals surface area contributed by atoms with Gasteiger partial charge in [0.2, 0.25) is 0 Å². The van der Waals surface area contributed by atoms with E-state index in [2.05, 4.69) is 45.1 Å². The summed E-state index contributed by atoms with van der Waals surface area (Å²) in [5, 5.41) is 3.09. The van der Waals surface area contributed by atoms with Crippen LogP contribution in [0, 0.1) is 0 Å². The van der Waals surface area contributed by atoms with Gasteiger partial charge in [0.1, 0.15) is 5.75 Å². The fourth-order valence-corrected chi connectivity index (χ4v) is 2.93. The van der Waals surface area contributed by atoms with Crippen LogP contribution in [-0.2, 0) is 9.53 Å². The molecule has 0 aliphatic heterocycles. The lowest BCUT2D eigenvalue weighted by Gasteiger charge is -2.20. The van der Waals surface area contributed by atoms with Crippen LogP contribution in [-0.4, -0.2) is 25.1 Å². The van der Waals surface area contributed by atoms with E-state index in [1.54, 1.807) is 31.2 Å². The molecule has 5 heteroatoms. The average molecular weight is 383 g/mol. The van der Waals surface area contributed by atoms with E-state index in [4.69, 9.17) is 9.47 Å². The molecule has 0 unspecified atom stereocenters. The summed E-state index contributed by atoms with van der Waals surface area (Å²) in [6.45, 7) is 10.4. The van der Waals surface area contributed by atoms with E-state index in [1.807, 2.05) is 6.07 Å². The minimum absolute atomic E-state index is 0.154. The Morgan fingerprint density at radius 2 is 1.50 bits per heavy atom. The maximum atomic E-state index is 12.8. The summed E-state index contributed by atoms with van der Waals surface area (Å²) in [6, 6.07) is 12.9. The van der Waals surface area contributed by atoms with Gasteiger partial charge in [0.25, 0.3) is 5.91 Å². The van der Waals surface area contributed by atoms with Crippen molar-refractivity contribution in [2.45, 2.75) is 46.5 Å². The lowest BCUT2D eigenvalue weighted by molar-refractivity contribution is -0.145. The zero-order chi connectivity index (χ0) is 20.7. The van der Waals surface area contributed by atoms with Crippen LogP contribution in [0.2, 0.25) is 0 Å². The third kappa shape index (κ3) is 5.59. The number of ether oxygens (including phenoxy) is 2. The van der Waals surface area contributed by atoms with Gasteiger partial charge in [-0.05, 0) is 54.2 Å². The first kappa shape index (κ1) is 21.5. The molecule has 0 saturated heterocycles. The largest absolute Gasteiger partial charge is 0.482 e. The molecule has 0 saturated carbocycles. The highest BCUT2D eigenvalue weighted by Crippen LogP contribution is 2.32. The van der Waals surface area contributed by atoms with Crippen molar-refractivity contribution in [1.29, 1.82) is 0 Å². The molecule has 0 aliphatic carbocycles. The first-order valence-corrected chi connectivity index (χ1v) is 9.66. The second kappa shape index (κ2) is 9.93. The van der Waals surface area contributed by atoms with Crippen LogP contribution < -0.4 is 10.1 Å². The van der Waals surface area contributed by atoms with Crippen LogP contribution in [0.3, 0.4) is 0 Å². The molecule has 0 aromatic heterocycles. The number of anilines is 1. The molecule has 0 atom stereocenters. The predicted octanol–water partition coefficient (Wildman–Crippen LogP) is 5.13. The van der Waals surface area contributed by atoms with E-state index < -0.39 is 5.97 Å². The van der Waals surface area contributed by atoms with E-state index in [0.29, 0.717) is 29.8 Å². The Labute approximate surface area is 167 Å². The number of rotatable bonds is 8. The van der Waals surface area contributed by atoms with Gasteiger partial charge in [0, 0.05) is 11.3 Å². The smallest absolute Gasteiger partial charge is 0.344 e. The molecule has 0 heterocycles. The zero-order valence-electron chi connectivity index (χ0n) is 17.2. The number of hydrogen-bond donors (Lipinski definition) is 1. The van der Waals surface area contributed by atoms with Crippen LogP contribution in [0.4, 0.5) is 5.69 Å². The summed E-state index contributed by atoms with van der Waals surface area (Å²) in [7, 11) is 0. The summed E-state index contributed by atoms with van der Waals surface area (Å²) in [5.74, 6) is 0.512. The molecule has 0 aliphatic rings. The van der Waals surface area contributed by atoms with E-state index in [9.17, 15) is 9.59 Å². The number of hydrogen-bond acceptors (Lipinski definition) is 4. The minimum atomic E-state index is -0.421. The van der Waals surface area contributed by atoms with Crippen LogP contribution in [0.1, 0.15) is 67.9 Å². The summed E-state index contributed by atoms with van der Waals surface area (Å²) in [6.07, 6.45) is 0. The van der Waals surface area contributed by atoms with Crippen LogP contribution in [0.15, 0.2) is 42.5 Å². The van der Waals surface area contributed by atoms with Gasteiger partial charge in [0.05, 0.1) is 6.61 Å². The number of carbonyl (C=O) groups is 2. The van der Waals surface area contributed by atoms with Crippen molar-refractivity contribution in [3.63, 3.8) is 0 Å². The summed E-state index contributed by atoms with van der Waals surface area (Å²) < 4.78 is 10.2. The summed E-state index contributed by atoms with van der Waals surface area (Å²) in [4.78, 5) is 24.2. The molecule has 2 rings (SSSR count). The van der Waals surface area contributed by atoms with Crippen molar-refractivity contribution in [3.05, 3.63) is 59.2 Å².